The van der Waals surface area contributed by atoms with Crippen LogP contribution < -0.4 is 0 Å². The third-order valence-electron chi connectivity index (χ3n) is 5.32. The normalized spacial score (nSPS) is 14.6. The predicted molar refractivity (Wildman–Crippen MR) is 122 cm³/mol. The maximum Gasteiger partial charge on any atom is 0.233 e. The van der Waals surface area contributed by atoms with Gasteiger partial charge in [-0.25, -0.2) is 4.39 Å². The third-order valence-corrected chi connectivity index (χ3v) is 7.10. The van der Waals surface area contributed by atoms with Crippen molar-refractivity contribution in [2.45, 2.75) is 37.5 Å². The molecule has 4 rings (SSSR count). The fraction of sp³-hybridized carbons (Fsp3) is 0.409. The topological polar surface area (TPSA) is 54.3 Å². The first-order chi connectivity index (χ1) is 15.1. The van der Waals surface area contributed by atoms with Gasteiger partial charge >= 0.3 is 0 Å². The molecule has 3 heterocycles. The standard InChI is InChI=1S/C22H26FN5OS2/c1-26(14-19-6-5-13-30-19)21(29)16-31-22-25-24-20(15-27-11-3-2-4-12-27)28(22)18-9-7-17(23)8-10-18/h5-10,13H,2-4,11-12,14-16H2,1H3. The average molecular weight is 460 g/mol. The zero-order valence-corrected chi connectivity index (χ0v) is 19.2. The number of thioether (sulfide) groups is 1. The molecule has 9 heteroatoms. The first kappa shape index (κ1) is 22.0. The second-order valence-corrected chi connectivity index (χ2v) is 9.64. The molecule has 0 radical (unpaired) electrons. The number of carbonyl (C=O) groups excluding carboxylic acids is 1. The van der Waals surface area contributed by atoms with Crippen molar-refractivity contribution < 1.29 is 9.18 Å². The summed E-state index contributed by atoms with van der Waals surface area (Å²) in [6, 6.07) is 10.4. The van der Waals surface area contributed by atoms with Crippen molar-refractivity contribution in [2.75, 3.05) is 25.9 Å². The molecule has 1 aromatic carbocycles. The molecule has 31 heavy (non-hydrogen) atoms. The molecular weight excluding hydrogens is 433 g/mol. The van der Waals surface area contributed by atoms with Crippen molar-refractivity contribution in [2.24, 2.45) is 0 Å². The highest BCUT2D eigenvalue weighted by Crippen LogP contribution is 2.24. The number of hydrogen-bond donors (Lipinski definition) is 0. The Hall–Kier alpha value is -2.23. The minimum Gasteiger partial charge on any atom is -0.340 e. The van der Waals surface area contributed by atoms with Crippen molar-refractivity contribution in [3.63, 3.8) is 0 Å². The Morgan fingerprint density at radius 1 is 1.16 bits per heavy atom. The lowest BCUT2D eigenvalue weighted by atomic mass is 10.1. The summed E-state index contributed by atoms with van der Waals surface area (Å²) in [5.74, 6) is 0.833. The molecule has 2 aromatic heterocycles. The highest BCUT2D eigenvalue weighted by molar-refractivity contribution is 7.99. The van der Waals surface area contributed by atoms with Crippen LogP contribution in [-0.4, -0.2) is 56.4 Å². The van der Waals surface area contributed by atoms with Crippen molar-refractivity contribution in [3.05, 3.63) is 58.3 Å². The zero-order valence-electron chi connectivity index (χ0n) is 17.5. The Labute approximate surface area is 190 Å². The number of piperidine rings is 1. The van der Waals surface area contributed by atoms with Crippen LogP contribution in [0.5, 0.6) is 0 Å². The van der Waals surface area contributed by atoms with Crippen LogP contribution in [0.3, 0.4) is 0 Å². The predicted octanol–water partition coefficient (Wildman–Crippen LogP) is 4.20. The summed E-state index contributed by atoms with van der Waals surface area (Å²) in [6.07, 6.45) is 3.65. The van der Waals surface area contributed by atoms with Gasteiger partial charge in [-0.3, -0.25) is 14.3 Å². The molecule has 0 unspecified atom stereocenters. The Bertz CT molecular complexity index is 984. The van der Waals surface area contributed by atoms with E-state index in [9.17, 15) is 9.18 Å². The molecule has 164 valence electrons. The summed E-state index contributed by atoms with van der Waals surface area (Å²) < 4.78 is 15.4. The van der Waals surface area contributed by atoms with Crippen molar-refractivity contribution in [3.8, 4) is 5.69 Å². The summed E-state index contributed by atoms with van der Waals surface area (Å²) in [4.78, 5) is 17.9. The molecule has 3 aromatic rings. The second kappa shape index (κ2) is 10.4. The molecule has 1 saturated heterocycles. The summed E-state index contributed by atoms with van der Waals surface area (Å²) >= 11 is 3.01. The van der Waals surface area contributed by atoms with E-state index in [0.29, 0.717) is 18.2 Å². The number of benzene rings is 1. The number of amides is 1. The molecule has 0 atom stereocenters. The number of nitrogens with zero attached hydrogens (tertiary/aromatic N) is 5. The summed E-state index contributed by atoms with van der Waals surface area (Å²) in [5.41, 5.74) is 0.806. The number of rotatable bonds is 8. The number of thiophene rings is 1. The second-order valence-electron chi connectivity index (χ2n) is 7.67. The minimum atomic E-state index is -0.283. The maximum atomic E-state index is 13.5. The molecule has 6 nitrogen and oxygen atoms in total. The van der Waals surface area contributed by atoms with E-state index >= 15 is 0 Å². The molecule has 0 bridgehead atoms. The van der Waals surface area contributed by atoms with E-state index in [-0.39, 0.29) is 17.5 Å². The van der Waals surface area contributed by atoms with E-state index in [4.69, 9.17) is 0 Å². The largest absolute Gasteiger partial charge is 0.340 e. The van der Waals surface area contributed by atoms with Gasteiger partial charge in [0.15, 0.2) is 11.0 Å². The highest BCUT2D eigenvalue weighted by Gasteiger charge is 2.20. The smallest absolute Gasteiger partial charge is 0.233 e. The molecule has 1 aliphatic heterocycles. The molecule has 1 fully saturated rings. The molecule has 0 aliphatic carbocycles. The number of aromatic nitrogens is 3. The Morgan fingerprint density at radius 2 is 1.94 bits per heavy atom. The van der Waals surface area contributed by atoms with Gasteiger partial charge in [-0.2, -0.15) is 0 Å². The molecule has 0 N–H and O–H groups in total. The fourth-order valence-corrected chi connectivity index (χ4v) is 5.29. The summed E-state index contributed by atoms with van der Waals surface area (Å²) in [6.45, 7) is 3.38. The van der Waals surface area contributed by atoms with Crippen molar-refractivity contribution in [1.82, 2.24) is 24.6 Å². The molecule has 0 spiro atoms. The van der Waals surface area contributed by atoms with Gasteiger partial charge < -0.3 is 4.90 Å². The van der Waals surface area contributed by atoms with Crippen molar-refractivity contribution in [1.29, 1.82) is 0 Å². The lowest BCUT2D eigenvalue weighted by Gasteiger charge is -2.26. The van der Waals surface area contributed by atoms with Gasteiger partial charge in [0.2, 0.25) is 5.91 Å². The summed E-state index contributed by atoms with van der Waals surface area (Å²) in [7, 11) is 1.81. The van der Waals surface area contributed by atoms with Gasteiger partial charge in [-0.15, -0.1) is 21.5 Å². The zero-order chi connectivity index (χ0) is 21.6. The van der Waals surface area contributed by atoms with E-state index in [1.165, 1.54) is 43.2 Å². The molecule has 1 aliphatic rings. The first-order valence-corrected chi connectivity index (χ1v) is 12.3. The number of halogens is 1. The van der Waals surface area contributed by atoms with Crippen molar-refractivity contribution >= 4 is 29.0 Å². The van der Waals surface area contributed by atoms with Crippen LogP contribution in [0.25, 0.3) is 5.69 Å². The van der Waals surface area contributed by atoms with E-state index in [0.717, 1.165) is 29.5 Å². The fourth-order valence-electron chi connectivity index (χ4n) is 3.62. The average Bonchev–Trinajstić information content (AvgIpc) is 3.43. The van der Waals surface area contributed by atoms with Crippen LogP contribution in [0.2, 0.25) is 0 Å². The van der Waals surface area contributed by atoms with Crippen LogP contribution in [0, 0.1) is 5.82 Å². The van der Waals surface area contributed by atoms with Gasteiger partial charge in [0.05, 0.1) is 18.8 Å². The SMILES string of the molecule is CN(Cc1cccs1)C(=O)CSc1nnc(CN2CCCCC2)n1-c1ccc(F)cc1. The lowest BCUT2D eigenvalue weighted by Crippen LogP contribution is -2.30. The Morgan fingerprint density at radius 3 is 2.65 bits per heavy atom. The van der Waals surface area contributed by atoms with E-state index in [1.807, 2.05) is 29.1 Å². The Kier molecular flexibility index (Phi) is 7.37. The van der Waals surface area contributed by atoms with Gasteiger partial charge in [-0.1, -0.05) is 24.2 Å². The lowest BCUT2D eigenvalue weighted by molar-refractivity contribution is -0.127. The number of hydrogen-bond acceptors (Lipinski definition) is 6. The monoisotopic (exact) mass is 459 g/mol. The van der Waals surface area contributed by atoms with Gasteiger partial charge in [-0.05, 0) is 61.6 Å². The highest BCUT2D eigenvalue weighted by atomic mass is 32.2. The molecule has 0 saturated carbocycles. The van der Waals surface area contributed by atoms with Crippen LogP contribution >= 0.6 is 23.1 Å². The minimum absolute atomic E-state index is 0.0321. The third kappa shape index (κ3) is 5.72. The summed E-state index contributed by atoms with van der Waals surface area (Å²) in [5, 5.41) is 11.5. The van der Waals surface area contributed by atoms with Gasteiger partial charge in [0.1, 0.15) is 5.82 Å². The van der Waals surface area contributed by atoms with Crippen LogP contribution in [-0.2, 0) is 17.9 Å². The Balaban J connectivity index is 1.49. The quantitative estimate of drug-likeness (QED) is 0.473. The van der Waals surface area contributed by atoms with E-state index < -0.39 is 0 Å². The van der Waals surface area contributed by atoms with Gasteiger partial charge in [0, 0.05) is 17.6 Å². The number of carbonyl (C=O) groups is 1. The van der Waals surface area contributed by atoms with Gasteiger partial charge in [0.25, 0.3) is 0 Å². The van der Waals surface area contributed by atoms with Crippen LogP contribution in [0.1, 0.15) is 30.0 Å². The molecular formula is C22H26FN5OS2. The van der Waals surface area contributed by atoms with Crippen LogP contribution in [0.15, 0.2) is 46.9 Å². The van der Waals surface area contributed by atoms with E-state index in [1.54, 1.807) is 28.4 Å². The first-order valence-electron chi connectivity index (χ1n) is 10.4. The maximum absolute atomic E-state index is 13.5. The number of likely N-dealkylation sites (tertiary alicyclic amines) is 1. The van der Waals surface area contributed by atoms with Crippen LogP contribution in [0.4, 0.5) is 4.39 Å². The molecule has 1 amide bonds. The van der Waals surface area contributed by atoms with E-state index in [2.05, 4.69) is 15.1 Å².